The van der Waals surface area contributed by atoms with E-state index in [4.69, 9.17) is 4.74 Å². The van der Waals surface area contributed by atoms with Gasteiger partial charge in [-0.15, -0.1) is 0 Å². The first-order valence-electron chi connectivity index (χ1n) is 7.28. The van der Waals surface area contributed by atoms with Crippen molar-refractivity contribution in [2.45, 2.75) is 51.9 Å². The molecule has 0 heterocycles. The predicted octanol–water partition coefficient (Wildman–Crippen LogP) is 3.42. The number of rotatable bonds is 9. The monoisotopic (exact) mass is 250 g/mol. The smallest absolute Gasteiger partial charge is 0.179 e. The van der Waals surface area contributed by atoms with Crippen molar-refractivity contribution in [3.63, 3.8) is 0 Å². The van der Waals surface area contributed by atoms with Crippen LogP contribution in [-0.4, -0.2) is 14.2 Å². The summed E-state index contributed by atoms with van der Waals surface area (Å²) in [4.78, 5) is 0. The second-order valence-electron chi connectivity index (χ2n) is 4.88. The molecule has 2 nitrogen and oxygen atoms in total. The molecule has 1 aromatic rings. The van der Waals surface area contributed by atoms with E-state index in [1.807, 2.05) is 0 Å². The van der Waals surface area contributed by atoms with E-state index >= 15 is 0 Å². The summed E-state index contributed by atoms with van der Waals surface area (Å²) in [6.07, 6.45) is 9.35. The molecule has 0 amide bonds. The van der Waals surface area contributed by atoms with Crippen LogP contribution in [0.4, 0.5) is 5.69 Å². The summed E-state index contributed by atoms with van der Waals surface area (Å²) in [6.45, 7) is 2.26. The Labute approximate surface area is 112 Å². The minimum Gasteiger partial charge on any atom is -0.491 e. The van der Waals surface area contributed by atoms with Crippen molar-refractivity contribution in [3.05, 3.63) is 23.8 Å². The van der Waals surface area contributed by atoms with Gasteiger partial charge >= 0.3 is 0 Å². The molecule has 2 N–H and O–H groups in total. The van der Waals surface area contributed by atoms with Gasteiger partial charge in [0.1, 0.15) is 0 Å². The molecule has 0 atom stereocenters. The zero-order valence-electron chi connectivity index (χ0n) is 12.2. The van der Waals surface area contributed by atoms with Crippen LogP contribution < -0.4 is 10.1 Å². The number of ether oxygens (including phenoxy) is 1. The quantitative estimate of drug-likeness (QED) is 0.527. The highest BCUT2D eigenvalue weighted by Gasteiger charge is 2.05. The number of unbranched alkanes of at least 4 members (excludes halogenated alkanes) is 5. The lowest BCUT2D eigenvalue weighted by molar-refractivity contribution is -0.540. The minimum atomic E-state index is 0.976. The molecule has 102 valence electrons. The van der Waals surface area contributed by atoms with Gasteiger partial charge in [0.05, 0.1) is 14.2 Å². The van der Waals surface area contributed by atoms with Gasteiger partial charge in [0.25, 0.3) is 0 Å². The van der Waals surface area contributed by atoms with E-state index in [1.54, 1.807) is 7.11 Å². The summed E-state index contributed by atoms with van der Waals surface area (Å²) in [5, 5.41) is 2.11. The predicted molar refractivity (Wildman–Crippen MR) is 77.6 cm³/mol. The van der Waals surface area contributed by atoms with Crippen LogP contribution in [0.15, 0.2) is 18.2 Å². The average molecular weight is 250 g/mol. The molecule has 0 spiro atoms. The average Bonchev–Trinajstić information content (AvgIpc) is 2.42. The van der Waals surface area contributed by atoms with Gasteiger partial charge in [-0.05, 0) is 24.5 Å². The Hall–Kier alpha value is -1.02. The number of hydrogen-bond donors (Lipinski definition) is 1. The molecule has 2 heteroatoms. The fourth-order valence-corrected chi connectivity index (χ4v) is 2.27. The molecule has 0 aliphatic heterocycles. The molecular formula is C16H28NO+. The molecule has 0 fully saturated rings. The molecule has 1 rings (SSSR count). The molecule has 0 saturated carbocycles. The van der Waals surface area contributed by atoms with Crippen LogP contribution >= 0.6 is 0 Å². The highest BCUT2D eigenvalue weighted by molar-refractivity contribution is 5.47. The zero-order valence-corrected chi connectivity index (χ0v) is 12.2. The van der Waals surface area contributed by atoms with E-state index in [2.05, 4.69) is 37.5 Å². The number of quaternary nitrogens is 1. The van der Waals surface area contributed by atoms with Crippen molar-refractivity contribution >= 4 is 5.69 Å². The van der Waals surface area contributed by atoms with Crippen LogP contribution in [0.5, 0.6) is 5.75 Å². The van der Waals surface area contributed by atoms with Crippen molar-refractivity contribution in [2.75, 3.05) is 14.2 Å². The van der Waals surface area contributed by atoms with E-state index in [9.17, 15) is 0 Å². The van der Waals surface area contributed by atoms with Crippen LogP contribution in [0, 0.1) is 0 Å². The van der Waals surface area contributed by atoms with Crippen LogP contribution in [0.25, 0.3) is 0 Å². The second kappa shape index (κ2) is 8.98. The standard InChI is InChI=1S/C16H27NO/c1-4-5-6-7-8-9-10-14-11-12-16(18-3)15(13-14)17-2/h11-13,17H,4-10H2,1-3H3/p+1. The molecule has 0 aliphatic rings. The number of aryl methyl sites for hydroxylation is 1. The number of benzene rings is 1. The Morgan fingerprint density at radius 3 is 2.44 bits per heavy atom. The van der Waals surface area contributed by atoms with E-state index in [0.717, 1.165) is 5.75 Å². The molecule has 0 saturated heterocycles. The van der Waals surface area contributed by atoms with Crippen LogP contribution in [0.3, 0.4) is 0 Å². The SMILES string of the molecule is CCCCCCCCc1ccc(OC)c([NH2+]C)c1. The third kappa shape index (κ3) is 5.09. The third-order valence-electron chi connectivity index (χ3n) is 3.42. The van der Waals surface area contributed by atoms with Crippen LogP contribution in [0.1, 0.15) is 51.0 Å². The van der Waals surface area contributed by atoms with Crippen molar-refractivity contribution in [3.8, 4) is 5.75 Å². The molecule has 0 unspecified atom stereocenters. The Morgan fingerprint density at radius 2 is 1.78 bits per heavy atom. The van der Waals surface area contributed by atoms with E-state index in [-0.39, 0.29) is 0 Å². The summed E-state index contributed by atoms with van der Waals surface area (Å²) in [6, 6.07) is 6.53. The molecule has 0 radical (unpaired) electrons. The van der Waals surface area contributed by atoms with Crippen LogP contribution in [0.2, 0.25) is 0 Å². The van der Waals surface area contributed by atoms with Gasteiger partial charge in [-0.25, -0.2) is 0 Å². The molecule has 18 heavy (non-hydrogen) atoms. The first-order valence-corrected chi connectivity index (χ1v) is 7.28. The molecule has 0 aromatic heterocycles. The first-order chi connectivity index (χ1) is 8.81. The van der Waals surface area contributed by atoms with Gasteiger partial charge in [0.2, 0.25) is 0 Å². The zero-order chi connectivity index (χ0) is 13.2. The van der Waals surface area contributed by atoms with Gasteiger partial charge in [-0.2, -0.15) is 0 Å². The number of hydrogen-bond acceptors (Lipinski definition) is 1. The molecule has 1 aromatic carbocycles. The third-order valence-corrected chi connectivity index (χ3v) is 3.42. The lowest BCUT2D eigenvalue weighted by Gasteiger charge is -2.07. The Bertz CT molecular complexity index is 336. The maximum atomic E-state index is 5.33. The van der Waals surface area contributed by atoms with E-state index < -0.39 is 0 Å². The largest absolute Gasteiger partial charge is 0.491 e. The highest BCUT2D eigenvalue weighted by atomic mass is 16.5. The van der Waals surface area contributed by atoms with Gasteiger partial charge in [0.15, 0.2) is 11.4 Å². The van der Waals surface area contributed by atoms with Gasteiger partial charge in [-0.3, -0.25) is 0 Å². The summed E-state index contributed by atoms with van der Waals surface area (Å²) in [7, 11) is 3.79. The lowest BCUT2D eigenvalue weighted by Crippen LogP contribution is -2.72. The summed E-state index contributed by atoms with van der Waals surface area (Å²) >= 11 is 0. The number of methoxy groups -OCH3 is 1. The lowest BCUT2D eigenvalue weighted by atomic mass is 10.0. The normalized spacial score (nSPS) is 10.6. The van der Waals surface area contributed by atoms with Crippen LogP contribution in [-0.2, 0) is 6.42 Å². The number of nitrogens with two attached hydrogens (primary N) is 1. The topological polar surface area (TPSA) is 25.8 Å². The maximum Gasteiger partial charge on any atom is 0.179 e. The van der Waals surface area contributed by atoms with Crippen molar-refractivity contribution in [2.24, 2.45) is 0 Å². The van der Waals surface area contributed by atoms with Crippen molar-refractivity contribution in [1.29, 1.82) is 0 Å². The Kier molecular flexibility index (Phi) is 7.51. The molecule has 0 bridgehead atoms. The van der Waals surface area contributed by atoms with Gasteiger partial charge in [0, 0.05) is 6.07 Å². The molecule has 0 aliphatic carbocycles. The summed E-state index contributed by atoms with van der Waals surface area (Å²) < 4.78 is 5.33. The van der Waals surface area contributed by atoms with Crippen molar-refractivity contribution < 1.29 is 10.1 Å². The summed E-state index contributed by atoms with van der Waals surface area (Å²) in [5.74, 6) is 0.976. The minimum absolute atomic E-state index is 0.976. The maximum absolute atomic E-state index is 5.33. The van der Waals surface area contributed by atoms with E-state index in [0.29, 0.717) is 0 Å². The van der Waals surface area contributed by atoms with Crippen molar-refractivity contribution in [1.82, 2.24) is 0 Å². The highest BCUT2D eigenvalue weighted by Crippen LogP contribution is 2.22. The fraction of sp³-hybridized carbons (Fsp3) is 0.625. The van der Waals surface area contributed by atoms with Gasteiger partial charge in [-0.1, -0.05) is 45.1 Å². The second-order valence-corrected chi connectivity index (χ2v) is 4.88. The fourth-order valence-electron chi connectivity index (χ4n) is 2.27. The Balaban J connectivity index is 2.34. The first kappa shape index (κ1) is 15.0. The molecular weight excluding hydrogens is 222 g/mol. The Morgan fingerprint density at radius 1 is 1.06 bits per heavy atom. The van der Waals surface area contributed by atoms with Gasteiger partial charge < -0.3 is 10.1 Å². The van der Waals surface area contributed by atoms with E-state index in [1.165, 1.54) is 56.2 Å². The summed E-state index contributed by atoms with van der Waals surface area (Å²) in [5.41, 5.74) is 2.64.